The minimum absolute atomic E-state index is 0.236. The molecule has 0 radical (unpaired) electrons. The van der Waals surface area contributed by atoms with Gasteiger partial charge in [0.25, 0.3) is 0 Å². The molecule has 0 spiro atoms. The van der Waals surface area contributed by atoms with E-state index in [0.717, 1.165) is 29.3 Å². The SMILES string of the molecule is CCC(CBr)(CBr)Cc1ncnn1C(C)C. The molecule has 0 unspecified atom stereocenters. The Morgan fingerprint density at radius 2 is 2.00 bits per heavy atom. The van der Waals surface area contributed by atoms with Crippen LogP contribution in [0, 0.1) is 5.41 Å². The fourth-order valence-corrected chi connectivity index (χ4v) is 3.73. The second-order valence-electron chi connectivity index (χ2n) is 4.51. The lowest BCUT2D eigenvalue weighted by atomic mass is 9.86. The quantitative estimate of drug-likeness (QED) is 0.732. The van der Waals surface area contributed by atoms with Crippen molar-refractivity contribution in [2.24, 2.45) is 5.41 Å². The second-order valence-corrected chi connectivity index (χ2v) is 5.63. The zero-order valence-electron chi connectivity index (χ0n) is 10.1. The fraction of sp³-hybridized carbons (Fsp3) is 0.818. The minimum Gasteiger partial charge on any atom is -0.248 e. The first-order chi connectivity index (χ1) is 7.58. The van der Waals surface area contributed by atoms with E-state index in [4.69, 9.17) is 0 Å². The summed E-state index contributed by atoms with van der Waals surface area (Å²) >= 11 is 7.23. The van der Waals surface area contributed by atoms with Gasteiger partial charge in [-0.1, -0.05) is 38.8 Å². The molecule has 0 saturated heterocycles. The van der Waals surface area contributed by atoms with E-state index in [-0.39, 0.29) is 5.41 Å². The number of aromatic nitrogens is 3. The van der Waals surface area contributed by atoms with E-state index in [0.29, 0.717) is 6.04 Å². The van der Waals surface area contributed by atoms with Crippen LogP contribution in [0.3, 0.4) is 0 Å². The first kappa shape index (κ1) is 14.2. The molecule has 0 amide bonds. The Morgan fingerprint density at radius 3 is 2.44 bits per heavy atom. The second kappa shape index (κ2) is 6.15. The lowest BCUT2D eigenvalue weighted by Crippen LogP contribution is -2.28. The lowest BCUT2D eigenvalue weighted by molar-refractivity contribution is 0.349. The van der Waals surface area contributed by atoms with Gasteiger partial charge >= 0.3 is 0 Å². The number of halogens is 2. The van der Waals surface area contributed by atoms with E-state index >= 15 is 0 Å². The third-order valence-electron chi connectivity index (χ3n) is 2.99. The van der Waals surface area contributed by atoms with Crippen LogP contribution < -0.4 is 0 Å². The summed E-state index contributed by atoms with van der Waals surface area (Å²) in [6.07, 6.45) is 3.73. The smallest absolute Gasteiger partial charge is 0.138 e. The van der Waals surface area contributed by atoms with Gasteiger partial charge in [-0.25, -0.2) is 9.67 Å². The zero-order chi connectivity index (χ0) is 12.2. The van der Waals surface area contributed by atoms with Crippen LogP contribution in [0.2, 0.25) is 0 Å². The number of hydrogen-bond donors (Lipinski definition) is 0. The van der Waals surface area contributed by atoms with E-state index in [1.165, 1.54) is 0 Å². The van der Waals surface area contributed by atoms with Crippen LogP contribution >= 0.6 is 31.9 Å². The molecular formula is C11H19Br2N3. The standard InChI is InChI=1S/C11H19Br2N3/c1-4-11(6-12,7-13)5-10-14-8-15-16(10)9(2)3/h8-9H,4-7H2,1-3H3. The molecule has 0 aliphatic rings. The molecule has 0 aromatic carbocycles. The lowest BCUT2D eigenvalue weighted by Gasteiger charge is -2.28. The van der Waals surface area contributed by atoms with Crippen LogP contribution in [0.15, 0.2) is 6.33 Å². The third-order valence-corrected chi connectivity index (χ3v) is 5.37. The first-order valence-electron chi connectivity index (χ1n) is 5.59. The third kappa shape index (κ3) is 3.06. The van der Waals surface area contributed by atoms with Gasteiger partial charge < -0.3 is 0 Å². The van der Waals surface area contributed by atoms with Gasteiger partial charge in [0.05, 0.1) is 0 Å². The van der Waals surface area contributed by atoms with Crippen LogP contribution in [0.25, 0.3) is 0 Å². The van der Waals surface area contributed by atoms with Crippen LogP contribution in [-0.4, -0.2) is 25.4 Å². The van der Waals surface area contributed by atoms with Crippen LogP contribution in [0.4, 0.5) is 0 Å². The Bertz CT molecular complexity index is 311. The van der Waals surface area contributed by atoms with Crippen LogP contribution in [0.5, 0.6) is 0 Å². The number of alkyl halides is 2. The number of hydrogen-bond acceptors (Lipinski definition) is 2. The minimum atomic E-state index is 0.236. The molecule has 0 aliphatic heterocycles. The fourth-order valence-electron chi connectivity index (χ4n) is 1.61. The van der Waals surface area contributed by atoms with Gasteiger partial charge in [-0.3, -0.25) is 0 Å². The molecule has 0 atom stereocenters. The Kier molecular flexibility index (Phi) is 5.44. The van der Waals surface area contributed by atoms with Gasteiger partial charge in [0.2, 0.25) is 0 Å². The van der Waals surface area contributed by atoms with Crippen LogP contribution in [-0.2, 0) is 6.42 Å². The highest BCUT2D eigenvalue weighted by molar-refractivity contribution is 9.09. The summed E-state index contributed by atoms with van der Waals surface area (Å²) in [6, 6.07) is 0.373. The Hall–Kier alpha value is 0.1000. The molecule has 0 N–H and O–H groups in total. The van der Waals surface area contributed by atoms with E-state index < -0.39 is 0 Å². The summed E-state index contributed by atoms with van der Waals surface area (Å²) in [5.74, 6) is 1.08. The van der Waals surface area contributed by atoms with Gasteiger partial charge in [-0.2, -0.15) is 5.10 Å². The topological polar surface area (TPSA) is 30.7 Å². The summed E-state index contributed by atoms with van der Waals surface area (Å²) in [5, 5.41) is 6.24. The van der Waals surface area contributed by atoms with Crippen molar-refractivity contribution in [3.8, 4) is 0 Å². The maximum absolute atomic E-state index is 4.38. The van der Waals surface area contributed by atoms with Gasteiger partial charge in [0.1, 0.15) is 12.2 Å². The molecular weight excluding hydrogens is 334 g/mol. The van der Waals surface area contributed by atoms with Gasteiger partial charge in [-0.05, 0) is 25.7 Å². The normalized spacial score (nSPS) is 12.4. The highest BCUT2D eigenvalue weighted by Gasteiger charge is 2.28. The molecule has 16 heavy (non-hydrogen) atoms. The molecule has 0 bridgehead atoms. The monoisotopic (exact) mass is 351 g/mol. The highest BCUT2D eigenvalue weighted by atomic mass is 79.9. The number of nitrogens with zero attached hydrogens (tertiary/aromatic N) is 3. The summed E-state index contributed by atoms with van der Waals surface area (Å²) in [7, 11) is 0. The highest BCUT2D eigenvalue weighted by Crippen LogP contribution is 2.31. The predicted molar refractivity (Wildman–Crippen MR) is 74.4 cm³/mol. The summed E-state index contributed by atoms with van der Waals surface area (Å²) in [4.78, 5) is 4.38. The molecule has 1 aromatic heterocycles. The average Bonchev–Trinajstić information content (AvgIpc) is 2.74. The van der Waals surface area contributed by atoms with Crippen molar-refractivity contribution in [3.05, 3.63) is 12.2 Å². The Balaban J connectivity index is 2.89. The Morgan fingerprint density at radius 1 is 1.38 bits per heavy atom. The van der Waals surface area contributed by atoms with Gasteiger partial charge in [-0.15, -0.1) is 0 Å². The molecule has 0 aliphatic carbocycles. The van der Waals surface area contributed by atoms with Gasteiger partial charge in [0.15, 0.2) is 0 Å². The number of rotatable bonds is 6. The maximum atomic E-state index is 4.38. The van der Waals surface area contributed by atoms with E-state index in [1.54, 1.807) is 6.33 Å². The van der Waals surface area contributed by atoms with Crippen molar-refractivity contribution in [1.29, 1.82) is 0 Å². The van der Waals surface area contributed by atoms with Crippen molar-refractivity contribution in [2.75, 3.05) is 10.7 Å². The molecule has 1 heterocycles. The van der Waals surface area contributed by atoms with Crippen molar-refractivity contribution in [2.45, 2.75) is 39.7 Å². The largest absolute Gasteiger partial charge is 0.248 e. The van der Waals surface area contributed by atoms with Gasteiger partial charge in [0, 0.05) is 23.1 Å². The van der Waals surface area contributed by atoms with E-state index in [1.807, 2.05) is 4.68 Å². The predicted octanol–water partition coefficient (Wildman–Crippen LogP) is 3.59. The molecule has 3 nitrogen and oxygen atoms in total. The van der Waals surface area contributed by atoms with Crippen molar-refractivity contribution in [3.63, 3.8) is 0 Å². The molecule has 1 rings (SSSR count). The molecule has 1 aromatic rings. The first-order valence-corrected chi connectivity index (χ1v) is 7.83. The summed E-state index contributed by atoms with van der Waals surface area (Å²) in [5.41, 5.74) is 0.236. The Labute approximate surface area is 114 Å². The summed E-state index contributed by atoms with van der Waals surface area (Å²) < 4.78 is 2.01. The van der Waals surface area contributed by atoms with E-state index in [2.05, 4.69) is 62.7 Å². The zero-order valence-corrected chi connectivity index (χ0v) is 13.3. The van der Waals surface area contributed by atoms with Crippen molar-refractivity contribution >= 4 is 31.9 Å². The van der Waals surface area contributed by atoms with Crippen LogP contribution in [0.1, 0.15) is 39.1 Å². The molecule has 0 saturated carbocycles. The van der Waals surface area contributed by atoms with E-state index in [9.17, 15) is 0 Å². The van der Waals surface area contributed by atoms with Crippen molar-refractivity contribution in [1.82, 2.24) is 14.8 Å². The maximum Gasteiger partial charge on any atom is 0.138 e. The summed E-state index contributed by atoms with van der Waals surface area (Å²) in [6.45, 7) is 6.49. The molecule has 5 heteroatoms. The molecule has 92 valence electrons. The molecule has 0 fully saturated rings. The average molecular weight is 353 g/mol. The van der Waals surface area contributed by atoms with Crippen molar-refractivity contribution < 1.29 is 0 Å².